The first kappa shape index (κ1) is 27.9. The molecule has 1 fully saturated rings. The smallest absolute Gasteiger partial charge is 0.201 e. The maximum absolute atomic E-state index is 15.0. The summed E-state index contributed by atoms with van der Waals surface area (Å²) < 4.78 is 61.4. The summed E-state index contributed by atoms with van der Waals surface area (Å²) in [5, 5.41) is 0. The van der Waals surface area contributed by atoms with Gasteiger partial charge in [-0.1, -0.05) is 68.3 Å². The molecule has 0 unspecified atom stereocenters. The number of hydrogen-bond donors (Lipinski definition) is 0. The van der Waals surface area contributed by atoms with Crippen molar-refractivity contribution in [2.45, 2.75) is 52.2 Å². The van der Waals surface area contributed by atoms with Crippen molar-refractivity contribution in [3.05, 3.63) is 89.8 Å². The van der Waals surface area contributed by atoms with Gasteiger partial charge >= 0.3 is 0 Å². The van der Waals surface area contributed by atoms with Crippen molar-refractivity contribution in [1.29, 1.82) is 0 Å². The highest BCUT2D eigenvalue weighted by molar-refractivity contribution is 5.71. The van der Waals surface area contributed by atoms with Crippen LogP contribution >= 0.6 is 0 Å². The van der Waals surface area contributed by atoms with Crippen LogP contribution in [0.1, 0.15) is 57.8 Å². The average Bonchev–Trinajstić information content (AvgIpc) is 2.94. The Balaban J connectivity index is 1.41. The highest BCUT2D eigenvalue weighted by Crippen LogP contribution is 2.34. The third-order valence-electron chi connectivity index (χ3n) is 6.78. The molecule has 1 aliphatic rings. The molecule has 3 nitrogen and oxygen atoms in total. The van der Waals surface area contributed by atoms with Crippen LogP contribution in [0.5, 0.6) is 5.75 Å². The largest absolute Gasteiger partial charge is 0.490 e. The second-order valence-corrected chi connectivity index (χ2v) is 9.62. The Morgan fingerprint density at radius 1 is 0.868 bits per heavy atom. The minimum atomic E-state index is -0.989. The van der Waals surface area contributed by atoms with Crippen molar-refractivity contribution in [3.8, 4) is 28.0 Å². The zero-order valence-corrected chi connectivity index (χ0v) is 22.0. The van der Waals surface area contributed by atoms with E-state index in [1.54, 1.807) is 30.3 Å². The van der Waals surface area contributed by atoms with Crippen LogP contribution in [0.25, 0.3) is 22.3 Å². The molecule has 0 amide bonds. The van der Waals surface area contributed by atoms with Gasteiger partial charge in [0.05, 0.1) is 19.8 Å². The molecule has 3 aromatic carbocycles. The van der Waals surface area contributed by atoms with Gasteiger partial charge in [-0.05, 0) is 61.1 Å². The van der Waals surface area contributed by atoms with Gasteiger partial charge in [-0.3, -0.25) is 0 Å². The van der Waals surface area contributed by atoms with E-state index in [1.165, 1.54) is 18.2 Å². The molecule has 0 aliphatic carbocycles. The quantitative estimate of drug-likeness (QED) is 0.185. The Hall–Kier alpha value is -3.09. The van der Waals surface area contributed by atoms with Gasteiger partial charge in [0.15, 0.2) is 17.9 Å². The van der Waals surface area contributed by atoms with Crippen molar-refractivity contribution in [3.63, 3.8) is 0 Å². The molecule has 0 spiro atoms. The summed E-state index contributed by atoms with van der Waals surface area (Å²) in [6, 6.07) is 14.8. The Labute approximate surface area is 223 Å². The van der Waals surface area contributed by atoms with Crippen LogP contribution in [-0.2, 0) is 9.47 Å². The number of unbranched alkanes of at least 4 members (excludes halogenated alkanes) is 2. The molecule has 4 rings (SSSR count). The molecule has 3 aromatic rings. The Bertz CT molecular complexity index is 1220. The molecule has 0 bridgehead atoms. The van der Waals surface area contributed by atoms with Crippen LogP contribution in [0.3, 0.4) is 0 Å². The second-order valence-electron chi connectivity index (χ2n) is 9.62. The molecule has 0 aromatic heterocycles. The summed E-state index contributed by atoms with van der Waals surface area (Å²) in [7, 11) is 0. The van der Waals surface area contributed by atoms with Gasteiger partial charge in [-0.15, -0.1) is 0 Å². The molecule has 1 heterocycles. The van der Waals surface area contributed by atoms with Crippen molar-refractivity contribution >= 4 is 0 Å². The van der Waals surface area contributed by atoms with E-state index in [4.69, 9.17) is 14.2 Å². The zero-order valence-electron chi connectivity index (χ0n) is 22.0. The lowest BCUT2D eigenvalue weighted by Crippen LogP contribution is -2.27. The van der Waals surface area contributed by atoms with Crippen LogP contribution in [0, 0.1) is 23.4 Å². The number of benzene rings is 3. The first-order valence-corrected chi connectivity index (χ1v) is 13.4. The predicted molar refractivity (Wildman–Crippen MR) is 144 cm³/mol. The van der Waals surface area contributed by atoms with Crippen molar-refractivity contribution in [1.82, 2.24) is 0 Å². The molecular weight excluding hydrogens is 489 g/mol. The topological polar surface area (TPSA) is 27.7 Å². The predicted octanol–water partition coefficient (Wildman–Crippen LogP) is 9.02. The summed E-state index contributed by atoms with van der Waals surface area (Å²) in [5.74, 6) is -2.12. The van der Waals surface area contributed by atoms with Gasteiger partial charge in [0.1, 0.15) is 5.82 Å². The number of rotatable bonds is 11. The van der Waals surface area contributed by atoms with E-state index in [2.05, 4.69) is 13.0 Å². The summed E-state index contributed by atoms with van der Waals surface area (Å²) in [5.41, 5.74) is 2.46. The lowest BCUT2D eigenvalue weighted by Gasteiger charge is -2.29. The van der Waals surface area contributed by atoms with E-state index in [1.807, 2.05) is 19.1 Å². The van der Waals surface area contributed by atoms with Crippen LogP contribution in [0.2, 0.25) is 0 Å². The first-order chi connectivity index (χ1) is 18.5. The van der Waals surface area contributed by atoms with Crippen molar-refractivity contribution in [2.24, 2.45) is 5.92 Å². The molecule has 0 atom stereocenters. The van der Waals surface area contributed by atoms with Crippen molar-refractivity contribution in [2.75, 3.05) is 19.8 Å². The summed E-state index contributed by atoms with van der Waals surface area (Å²) in [4.78, 5) is 0. The lowest BCUT2D eigenvalue weighted by atomic mass is 9.98. The van der Waals surface area contributed by atoms with Crippen molar-refractivity contribution < 1.29 is 27.4 Å². The summed E-state index contributed by atoms with van der Waals surface area (Å²) in [6.45, 7) is 5.48. The van der Waals surface area contributed by atoms with Gasteiger partial charge in [-0.2, -0.15) is 4.39 Å². The molecule has 1 aliphatic heterocycles. The van der Waals surface area contributed by atoms with E-state index in [0.29, 0.717) is 42.4 Å². The highest BCUT2D eigenvalue weighted by atomic mass is 19.2. The van der Waals surface area contributed by atoms with Gasteiger partial charge in [0.25, 0.3) is 0 Å². The number of hydrogen-bond acceptors (Lipinski definition) is 3. The maximum atomic E-state index is 15.0. The summed E-state index contributed by atoms with van der Waals surface area (Å²) >= 11 is 0. The summed E-state index contributed by atoms with van der Waals surface area (Å²) in [6.07, 6.45) is 8.16. The standard InChI is InChI=1S/C32H35F3O3/c1-3-5-7-9-22-20-37-32(38-21-22)27-15-14-25(19-28(27)33)23-10-12-24(13-11-23)26-16-17-29(31(35)30(26)34)36-18-8-6-4-2/h3,5,10-17,19,22,32H,4,6-9,18,20-21H2,1-2H3. The van der Waals surface area contributed by atoms with E-state index in [9.17, 15) is 8.78 Å². The van der Waals surface area contributed by atoms with Crippen LogP contribution in [0.4, 0.5) is 13.2 Å². The minimum absolute atomic E-state index is 0.0790. The van der Waals surface area contributed by atoms with Gasteiger partial charge in [0, 0.05) is 17.0 Å². The maximum Gasteiger partial charge on any atom is 0.201 e. The second kappa shape index (κ2) is 13.6. The van der Waals surface area contributed by atoms with Gasteiger partial charge < -0.3 is 14.2 Å². The number of allylic oxidation sites excluding steroid dienone is 2. The van der Waals surface area contributed by atoms with E-state index >= 15 is 4.39 Å². The van der Waals surface area contributed by atoms with E-state index in [0.717, 1.165) is 37.7 Å². The molecule has 1 saturated heterocycles. The lowest BCUT2D eigenvalue weighted by molar-refractivity contribution is -0.207. The van der Waals surface area contributed by atoms with Crippen LogP contribution in [0.15, 0.2) is 66.7 Å². The van der Waals surface area contributed by atoms with Crippen LogP contribution in [-0.4, -0.2) is 19.8 Å². The normalized spacial score (nSPS) is 17.7. The first-order valence-electron chi connectivity index (χ1n) is 13.4. The molecule has 202 valence electrons. The number of halogens is 3. The van der Waals surface area contributed by atoms with E-state index in [-0.39, 0.29) is 11.3 Å². The third-order valence-corrected chi connectivity index (χ3v) is 6.78. The van der Waals surface area contributed by atoms with E-state index < -0.39 is 23.7 Å². The Morgan fingerprint density at radius 3 is 2.26 bits per heavy atom. The Kier molecular flexibility index (Phi) is 10.0. The van der Waals surface area contributed by atoms with Gasteiger partial charge in [0.2, 0.25) is 5.82 Å². The highest BCUT2D eigenvalue weighted by Gasteiger charge is 2.25. The third kappa shape index (κ3) is 6.86. The molecule has 0 saturated carbocycles. The molecule has 0 N–H and O–H groups in total. The fourth-order valence-corrected chi connectivity index (χ4v) is 4.53. The Morgan fingerprint density at radius 2 is 1.58 bits per heavy atom. The van der Waals surface area contributed by atoms with Crippen LogP contribution < -0.4 is 4.74 Å². The molecule has 38 heavy (non-hydrogen) atoms. The zero-order chi connectivity index (χ0) is 26.9. The molecule has 0 radical (unpaired) electrons. The molecular formula is C32H35F3O3. The molecule has 6 heteroatoms. The fourth-order valence-electron chi connectivity index (χ4n) is 4.53. The van der Waals surface area contributed by atoms with Gasteiger partial charge in [-0.25, -0.2) is 8.78 Å². The monoisotopic (exact) mass is 524 g/mol. The minimum Gasteiger partial charge on any atom is -0.490 e. The SMILES string of the molecule is CC=CCCC1COC(c2ccc(-c3ccc(-c4ccc(OCCCCC)c(F)c4F)cc3)cc2F)OC1. The fraction of sp³-hybridized carbons (Fsp3) is 0.375. The number of ether oxygens (including phenoxy) is 3. The average molecular weight is 525 g/mol.